The summed E-state index contributed by atoms with van der Waals surface area (Å²) < 4.78 is 1.89. The lowest BCUT2D eigenvalue weighted by Crippen LogP contribution is -2.01. The Labute approximate surface area is 131 Å². The first-order valence-electron chi connectivity index (χ1n) is 6.25. The normalized spacial score (nSPS) is 10.7. The minimum absolute atomic E-state index is 0.692. The Bertz CT molecular complexity index is 722. The van der Waals surface area contributed by atoms with Crippen molar-refractivity contribution in [2.45, 2.75) is 5.33 Å². The van der Waals surface area contributed by atoms with E-state index >= 15 is 0 Å². The third-order valence-corrected chi connectivity index (χ3v) is 3.96. The van der Waals surface area contributed by atoms with Gasteiger partial charge in [-0.25, -0.2) is 4.68 Å². The largest absolute Gasteiger partial charge is 0.235 e. The average Bonchev–Trinajstić information content (AvgIpc) is 2.93. The lowest BCUT2D eigenvalue weighted by Gasteiger charge is -2.06. The molecule has 20 heavy (non-hydrogen) atoms. The van der Waals surface area contributed by atoms with Gasteiger partial charge in [-0.1, -0.05) is 70.0 Å². The minimum atomic E-state index is 0.692. The summed E-state index contributed by atoms with van der Waals surface area (Å²) in [5, 5.41) is 6.10. The first-order valence-corrected chi connectivity index (χ1v) is 7.75. The van der Waals surface area contributed by atoms with E-state index in [-0.39, 0.29) is 0 Å². The number of hydrogen-bond donors (Lipinski definition) is 0. The summed E-state index contributed by atoms with van der Waals surface area (Å²) >= 11 is 9.78. The number of nitrogens with zero attached hydrogens (tertiary/aromatic N) is 2. The summed E-state index contributed by atoms with van der Waals surface area (Å²) in [6, 6.07) is 19.9. The highest BCUT2D eigenvalue weighted by atomic mass is 79.9. The molecule has 0 spiro atoms. The molecule has 1 aromatic heterocycles. The Morgan fingerprint density at radius 3 is 2.40 bits per heavy atom. The van der Waals surface area contributed by atoms with Gasteiger partial charge in [0.15, 0.2) is 0 Å². The van der Waals surface area contributed by atoms with Gasteiger partial charge in [-0.3, -0.25) is 0 Å². The third kappa shape index (κ3) is 2.51. The topological polar surface area (TPSA) is 17.8 Å². The van der Waals surface area contributed by atoms with E-state index in [1.807, 2.05) is 47.1 Å². The molecule has 0 aliphatic rings. The Balaban J connectivity index is 2.13. The highest BCUT2D eigenvalue weighted by Gasteiger charge is 2.12. The van der Waals surface area contributed by atoms with E-state index < -0.39 is 0 Å². The second kappa shape index (κ2) is 5.81. The van der Waals surface area contributed by atoms with Crippen molar-refractivity contribution in [3.8, 4) is 16.9 Å². The van der Waals surface area contributed by atoms with Gasteiger partial charge in [-0.2, -0.15) is 5.10 Å². The van der Waals surface area contributed by atoms with Crippen LogP contribution < -0.4 is 0 Å². The predicted molar refractivity (Wildman–Crippen MR) is 86.6 cm³/mol. The number of benzene rings is 2. The number of para-hydroxylation sites is 1. The van der Waals surface area contributed by atoms with Crippen molar-refractivity contribution in [1.29, 1.82) is 0 Å². The number of rotatable bonds is 3. The molecule has 3 rings (SSSR count). The maximum Gasteiger partial charge on any atom is 0.0930 e. The molecular formula is C16H12BrClN2. The van der Waals surface area contributed by atoms with E-state index in [1.54, 1.807) is 0 Å². The minimum Gasteiger partial charge on any atom is -0.235 e. The molecule has 0 unspecified atom stereocenters. The Morgan fingerprint density at radius 1 is 1.00 bits per heavy atom. The number of aromatic nitrogens is 2. The summed E-state index contributed by atoms with van der Waals surface area (Å²) in [6.45, 7) is 0. The van der Waals surface area contributed by atoms with Crippen molar-refractivity contribution < 1.29 is 0 Å². The molecule has 0 saturated carbocycles. The molecular weight excluding hydrogens is 336 g/mol. The summed E-state index contributed by atoms with van der Waals surface area (Å²) in [4.78, 5) is 0. The van der Waals surface area contributed by atoms with E-state index in [0.29, 0.717) is 5.02 Å². The van der Waals surface area contributed by atoms with Crippen LogP contribution in [0.1, 0.15) is 5.69 Å². The Morgan fingerprint density at radius 2 is 1.70 bits per heavy atom. The van der Waals surface area contributed by atoms with E-state index in [4.69, 9.17) is 11.6 Å². The van der Waals surface area contributed by atoms with Crippen LogP contribution in [0.15, 0.2) is 60.7 Å². The van der Waals surface area contributed by atoms with Crippen LogP contribution in [0.25, 0.3) is 16.9 Å². The highest BCUT2D eigenvalue weighted by Crippen LogP contribution is 2.26. The van der Waals surface area contributed by atoms with Crippen LogP contribution in [0, 0.1) is 0 Å². The third-order valence-electron chi connectivity index (χ3n) is 3.07. The van der Waals surface area contributed by atoms with Crippen molar-refractivity contribution in [1.82, 2.24) is 9.78 Å². The van der Waals surface area contributed by atoms with Gasteiger partial charge < -0.3 is 0 Å². The maximum absolute atomic E-state index is 6.27. The monoisotopic (exact) mass is 346 g/mol. The molecule has 2 nitrogen and oxygen atoms in total. The number of alkyl halides is 1. The van der Waals surface area contributed by atoms with Gasteiger partial charge in [0.25, 0.3) is 0 Å². The van der Waals surface area contributed by atoms with Crippen LogP contribution in [0.5, 0.6) is 0 Å². The quantitative estimate of drug-likeness (QED) is 0.604. The van der Waals surface area contributed by atoms with Crippen molar-refractivity contribution in [3.05, 3.63) is 71.4 Å². The van der Waals surface area contributed by atoms with Crippen molar-refractivity contribution in [2.75, 3.05) is 0 Å². The van der Waals surface area contributed by atoms with E-state index in [1.165, 1.54) is 0 Å². The van der Waals surface area contributed by atoms with Gasteiger partial charge in [0, 0.05) is 10.9 Å². The first-order chi connectivity index (χ1) is 9.79. The van der Waals surface area contributed by atoms with Gasteiger partial charge in [-0.15, -0.1) is 0 Å². The smallest absolute Gasteiger partial charge is 0.0930 e. The lowest BCUT2D eigenvalue weighted by molar-refractivity contribution is 0.847. The van der Waals surface area contributed by atoms with Gasteiger partial charge in [0.1, 0.15) is 0 Å². The fourth-order valence-electron chi connectivity index (χ4n) is 2.10. The molecule has 0 atom stereocenters. The first kappa shape index (κ1) is 13.4. The highest BCUT2D eigenvalue weighted by molar-refractivity contribution is 9.08. The lowest BCUT2D eigenvalue weighted by atomic mass is 10.1. The average molecular weight is 348 g/mol. The molecule has 0 aliphatic heterocycles. The van der Waals surface area contributed by atoms with Crippen molar-refractivity contribution in [3.63, 3.8) is 0 Å². The SMILES string of the molecule is Clc1ccccc1-n1nc(-c2ccccc2)cc1CBr. The Kier molecular flexibility index (Phi) is 3.90. The van der Waals surface area contributed by atoms with E-state index in [0.717, 1.165) is 28.0 Å². The molecule has 0 N–H and O–H groups in total. The zero-order valence-corrected chi connectivity index (χ0v) is 13.0. The molecule has 4 heteroatoms. The molecule has 0 saturated heterocycles. The molecule has 0 radical (unpaired) electrons. The van der Waals surface area contributed by atoms with Crippen LogP contribution in [-0.2, 0) is 5.33 Å². The van der Waals surface area contributed by atoms with E-state index in [2.05, 4.69) is 39.2 Å². The molecule has 2 aromatic carbocycles. The molecule has 0 bridgehead atoms. The molecule has 0 fully saturated rings. The Hall–Kier alpha value is -1.58. The van der Waals surface area contributed by atoms with Crippen LogP contribution in [0.3, 0.4) is 0 Å². The summed E-state index contributed by atoms with van der Waals surface area (Å²) in [5.41, 5.74) is 4.00. The zero-order chi connectivity index (χ0) is 13.9. The summed E-state index contributed by atoms with van der Waals surface area (Å²) in [5.74, 6) is 0. The van der Waals surface area contributed by atoms with Gasteiger partial charge in [0.2, 0.25) is 0 Å². The van der Waals surface area contributed by atoms with E-state index in [9.17, 15) is 0 Å². The van der Waals surface area contributed by atoms with Crippen LogP contribution in [0.2, 0.25) is 5.02 Å². The number of halogens is 2. The van der Waals surface area contributed by atoms with Crippen molar-refractivity contribution in [2.24, 2.45) is 0 Å². The van der Waals surface area contributed by atoms with Crippen LogP contribution in [0.4, 0.5) is 0 Å². The second-order valence-electron chi connectivity index (χ2n) is 4.38. The molecule has 100 valence electrons. The zero-order valence-electron chi connectivity index (χ0n) is 10.6. The molecule has 0 amide bonds. The molecule has 1 heterocycles. The van der Waals surface area contributed by atoms with Gasteiger partial charge >= 0.3 is 0 Å². The summed E-state index contributed by atoms with van der Waals surface area (Å²) in [6.07, 6.45) is 0. The van der Waals surface area contributed by atoms with Gasteiger partial charge in [-0.05, 0) is 18.2 Å². The van der Waals surface area contributed by atoms with Crippen LogP contribution in [-0.4, -0.2) is 9.78 Å². The fourth-order valence-corrected chi connectivity index (χ4v) is 2.71. The molecule has 3 aromatic rings. The maximum atomic E-state index is 6.27. The summed E-state index contributed by atoms with van der Waals surface area (Å²) in [7, 11) is 0. The predicted octanol–water partition coefficient (Wildman–Crippen LogP) is 5.09. The van der Waals surface area contributed by atoms with Crippen molar-refractivity contribution >= 4 is 27.5 Å². The fraction of sp³-hybridized carbons (Fsp3) is 0.0625. The number of hydrogen-bond acceptors (Lipinski definition) is 1. The molecule has 0 aliphatic carbocycles. The second-order valence-corrected chi connectivity index (χ2v) is 5.35. The standard InChI is InChI=1S/C16H12BrClN2/c17-11-13-10-15(12-6-2-1-3-7-12)19-20(13)16-9-5-4-8-14(16)18/h1-10H,11H2. The van der Waals surface area contributed by atoms with Crippen LogP contribution >= 0.6 is 27.5 Å². The van der Waals surface area contributed by atoms with Gasteiger partial charge in [0.05, 0.1) is 22.1 Å².